The summed E-state index contributed by atoms with van der Waals surface area (Å²) in [6.07, 6.45) is 9.97. The van der Waals surface area contributed by atoms with E-state index in [-0.39, 0.29) is 12.5 Å². The van der Waals surface area contributed by atoms with E-state index < -0.39 is 11.7 Å². The molecule has 0 radical (unpaired) electrons. The van der Waals surface area contributed by atoms with Gasteiger partial charge in [-0.05, 0) is 46.5 Å². The molecule has 0 aromatic rings. The number of amides is 2. The van der Waals surface area contributed by atoms with Crippen LogP contribution in [0.15, 0.2) is 23.8 Å². The Labute approximate surface area is 126 Å². The van der Waals surface area contributed by atoms with Crippen LogP contribution in [-0.4, -0.2) is 30.7 Å². The minimum Gasteiger partial charge on any atom is -0.444 e. The Morgan fingerprint density at radius 1 is 1.29 bits per heavy atom. The molecular weight excluding hydrogens is 268 g/mol. The first-order valence-corrected chi connectivity index (χ1v) is 7.45. The van der Waals surface area contributed by atoms with E-state index in [0.717, 1.165) is 25.7 Å². The quantitative estimate of drug-likeness (QED) is 0.740. The maximum atomic E-state index is 11.6. The highest BCUT2D eigenvalue weighted by molar-refractivity contribution is 5.82. The average Bonchev–Trinajstić information content (AvgIpc) is 2.41. The molecule has 0 saturated heterocycles. The van der Waals surface area contributed by atoms with E-state index >= 15 is 0 Å². The first-order valence-electron chi connectivity index (χ1n) is 7.45. The zero-order valence-corrected chi connectivity index (χ0v) is 13.2. The molecule has 0 fully saturated rings. The van der Waals surface area contributed by atoms with Crippen molar-refractivity contribution in [3.63, 3.8) is 0 Å². The molecule has 5 nitrogen and oxygen atoms in total. The predicted octanol–water partition coefficient (Wildman–Crippen LogP) is 2.68. The molecule has 0 bridgehead atoms. The molecule has 0 unspecified atom stereocenters. The summed E-state index contributed by atoms with van der Waals surface area (Å²) in [6, 6.07) is 0. The minimum atomic E-state index is -0.572. The minimum absolute atomic E-state index is 0.0552. The van der Waals surface area contributed by atoms with Gasteiger partial charge in [0.1, 0.15) is 5.60 Å². The van der Waals surface area contributed by atoms with E-state index in [1.807, 2.05) is 0 Å². The SMILES string of the molecule is CC(C)(C)OC(=O)NCC(=O)NCCCC1=CC=CCC1. The Morgan fingerprint density at radius 3 is 2.67 bits per heavy atom. The monoisotopic (exact) mass is 294 g/mol. The molecule has 2 amide bonds. The summed E-state index contributed by atoms with van der Waals surface area (Å²) in [7, 11) is 0. The summed E-state index contributed by atoms with van der Waals surface area (Å²) < 4.78 is 5.05. The van der Waals surface area contributed by atoms with Crippen molar-refractivity contribution in [1.29, 1.82) is 0 Å². The highest BCUT2D eigenvalue weighted by Gasteiger charge is 2.16. The summed E-state index contributed by atoms with van der Waals surface area (Å²) in [5.41, 5.74) is 0.876. The van der Waals surface area contributed by atoms with Gasteiger partial charge in [0.2, 0.25) is 5.91 Å². The van der Waals surface area contributed by atoms with E-state index in [9.17, 15) is 9.59 Å². The largest absolute Gasteiger partial charge is 0.444 e. The van der Waals surface area contributed by atoms with Gasteiger partial charge in [0, 0.05) is 6.54 Å². The van der Waals surface area contributed by atoms with E-state index in [4.69, 9.17) is 4.74 Å². The third-order valence-electron chi connectivity index (χ3n) is 2.89. The summed E-state index contributed by atoms with van der Waals surface area (Å²) in [5, 5.41) is 5.22. The lowest BCUT2D eigenvalue weighted by atomic mass is 10.0. The maximum absolute atomic E-state index is 11.6. The van der Waals surface area contributed by atoms with E-state index in [1.54, 1.807) is 20.8 Å². The van der Waals surface area contributed by atoms with Crippen molar-refractivity contribution in [1.82, 2.24) is 10.6 Å². The smallest absolute Gasteiger partial charge is 0.408 e. The maximum Gasteiger partial charge on any atom is 0.408 e. The van der Waals surface area contributed by atoms with Crippen LogP contribution >= 0.6 is 0 Å². The predicted molar refractivity (Wildman–Crippen MR) is 82.9 cm³/mol. The lowest BCUT2D eigenvalue weighted by molar-refractivity contribution is -0.120. The van der Waals surface area contributed by atoms with Crippen molar-refractivity contribution in [2.75, 3.05) is 13.1 Å². The number of carbonyl (C=O) groups is 2. The number of rotatable bonds is 6. The Kier molecular flexibility index (Phi) is 6.99. The Balaban J connectivity index is 2.07. The lowest BCUT2D eigenvalue weighted by Gasteiger charge is -2.19. The van der Waals surface area contributed by atoms with Gasteiger partial charge in [0.05, 0.1) is 6.54 Å². The van der Waals surface area contributed by atoms with Gasteiger partial charge in [-0.1, -0.05) is 23.8 Å². The molecule has 5 heteroatoms. The first-order chi connectivity index (χ1) is 9.87. The molecule has 0 spiro atoms. The van der Waals surface area contributed by atoms with Gasteiger partial charge in [-0.3, -0.25) is 4.79 Å². The summed E-state index contributed by atoms with van der Waals surface area (Å²) in [5.74, 6) is -0.196. The summed E-state index contributed by atoms with van der Waals surface area (Å²) in [6.45, 7) is 5.90. The van der Waals surface area contributed by atoms with Gasteiger partial charge in [0.25, 0.3) is 0 Å². The molecule has 0 saturated carbocycles. The normalized spacial score (nSPS) is 14.3. The van der Waals surface area contributed by atoms with Crippen molar-refractivity contribution >= 4 is 12.0 Å². The first kappa shape index (κ1) is 17.3. The van der Waals surface area contributed by atoms with Gasteiger partial charge in [-0.25, -0.2) is 4.79 Å². The van der Waals surface area contributed by atoms with E-state index in [0.29, 0.717) is 6.54 Å². The van der Waals surface area contributed by atoms with Crippen molar-refractivity contribution in [2.45, 2.75) is 52.1 Å². The van der Waals surface area contributed by atoms with Crippen LogP contribution in [-0.2, 0) is 9.53 Å². The van der Waals surface area contributed by atoms with Crippen LogP contribution in [0.5, 0.6) is 0 Å². The van der Waals surface area contributed by atoms with Crippen LogP contribution in [0.4, 0.5) is 4.79 Å². The van der Waals surface area contributed by atoms with E-state index in [1.165, 1.54) is 5.57 Å². The number of alkyl carbamates (subject to hydrolysis) is 1. The fraction of sp³-hybridized carbons (Fsp3) is 0.625. The molecule has 1 aliphatic rings. The molecule has 2 N–H and O–H groups in total. The number of hydrogen-bond acceptors (Lipinski definition) is 3. The van der Waals surface area contributed by atoms with Gasteiger partial charge in [-0.15, -0.1) is 0 Å². The average molecular weight is 294 g/mol. The molecule has 0 aliphatic heterocycles. The Bertz CT molecular complexity index is 420. The van der Waals surface area contributed by atoms with Crippen LogP contribution in [0.1, 0.15) is 46.5 Å². The van der Waals surface area contributed by atoms with Crippen LogP contribution in [0, 0.1) is 0 Å². The van der Waals surface area contributed by atoms with Crippen LogP contribution in [0.3, 0.4) is 0 Å². The fourth-order valence-corrected chi connectivity index (χ4v) is 1.93. The second-order valence-corrected chi connectivity index (χ2v) is 6.10. The molecule has 0 atom stereocenters. The van der Waals surface area contributed by atoms with Crippen LogP contribution in [0.2, 0.25) is 0 Å². The van der Waals surface area contributed by atoms with Gasteiger partial charge in [0.15, 0.2) is 0 Å². The number of nitrogens with one attached hydrogen (secondary N) is 2. The van der Waals surface area contributed by atoms with E-state index in [2.05, 4.69) is 28.9 Å². The highest BCUT2D eigenvalue weighted by atomic mass is 16.6. The van der Waals surface area contributed by atoms with Gasteiger partial charge in [-0.2, -0.15) is 0 Å². The Morgan fingerprint density at radius 2 is 2.05 bits per heavy atom. The summed E-state index contributed by atoms with van der Waals surface area (Å²) in [4.78, 5) is 22.9. The fourth-order valence-electron chi connectivity index (χ4n) is 1.93. The number of hydrogen-bond donors (Lipinski definition) is 2. The number of allylic oxidation sites excluding steroid dienone is 4. The third-order valence-corrected chi connectivity index (χ3v) is 2.89. The topological polar surface area (TPSA) is 67.4 Å². The van der Waals surface area contributed by atoms with Crippen molar-refractivity contribution in [2.24, 2.45) is 0 Å². The molecule has 0 aromatic carbocycles. The molecule has 21 heavy (non-hydrogen) atoms. The lowest BCUT2D eigenvalue weighted by Crippen LogP contribution is -2.39. The number of ether oxygens (including phenoxy) is 1. The third kappa shape index (κ3) is 8.89. The highest BCUT2D eigenvalue weighted by Crippen LogP contribution is 2.16. The van der Waals surface area contributed by atoms with Gasteiger partial charge >= 0.3 is 6.09 Å². The standard InChI is InChI=1S/C16H26N2O3/c1-16(2,3)21-15(20)18-12-14(19)17-11-7-10-13-8-5-4-6-9-13/h4-5,8H,6-7,9-12H2,1-3H3,(H,17,19)(H,18,20). The zero-order valence-electron chi connectivity index (χ0n) is 13.2. The van der Waals surface area contributed by atoms with Crippen LogP contribution in [0.25, 0.3) is 0 Å². The van der Waals surface area contributed by atoms with Gasteiger partial charge < -0.3 is 15.4 Å². The zero-order chi connectivity index (χ0) is 15.7. The summed E-state index contributed by atoms with van der Waals surface area (Å²) >= 11 is 0. The molecular formula is C16H26N2O3. The molecule has 0 aromatic heterocycles. The second-order valence-electron chi connectivity index (χ2n) is 6.10. The Hall–Kier alpha value is -1.78. The molecule has 1 aliphatic carbocycles. The molecule has 118 valence electrons. The van der Waals surface area contributed by atoms with Crippen molar-refractivity contribution in [3.8, 4) is 0 Å². The van der Waals surface area contributed by atoms with Crippen LogP contribution < -0.4 is 10.6 Å². The molecule has 0 heterocycles. The molecule has 1 rings (SSSR count). The second kappa shape index (κ2) is 8.49. The number of carbonyl (C=O) groups excluding carboxylic acids is 2. The van der Waals surface area contributed by atoms with Crippen molar-refractivity contribution in [3.05, 3.63) is 23.8 Å². The van der Waals surface area contributed by atoms with Crippen molar-refractivity contribution < 1.29 is 14.3 Å².